The van der Waals surface area contributed by atoms with Crippen molar-refractivity contribution >= 4 is 10.9 Å². The van der Waals surface area contributed by atoms with E-state index in [9.17, 15) is 0 Å². The number of H-pyrrole nitrogens is 1. The molecule has 2 heteroatoms. The van der Waals surface area contributed by atoms with Crippen molar-refractivity contribution < 1.29 is 4.74 Å². The summed E-state index contributed by atoms with van der Waals surface area (Å²) >= 11 is 0. The van der Waals surface area contributed by atoms with Crippen molar-refractivity contribution in [2.24, 2.45) is 0 Å². The van der Waals surface area contributed by atoms with Gasteiger partial charge in [-0.1, -0.05) is 6.92 Å². The van der Waals surface area contributed by atoms with Gasteiger partial charge in [-0.3, -0.25) is 0 Å². The Bertz CT molecular complexity index is 457. The Morgan fingerprint density at radius 2 is 2.14 bits per heavy atom. The van der Waals surface area contributed by atoms with Gasteiger partial charge < -0.3 is 9.72 Å². The van der Waals surface area contributed by atoms with Gasteiger partial charge in [-0.2, -0.15) is 0 Å². The minimum absolute atomic E-state index is 0.965. The highest BCUT2D eigenvalue weighted by atomic mass is 16.5. The molecule has 2 aromatic rings. The van der Waals surface area contributed by atoms with E-state index in [4.69, 9.17) is 4.74 Å². The molecule has 0 spiro atoms. The van der Waals surface area contributed by atoms with Gasteiger partial charge in [0.15, 0.2) is 0 Å². The normalized spacial score (nSPS) is 10.8. The number of aromatic nitrogens is 1. The molecule has 0 aliphatic carbocycles. The Balaban J connectivity index is 2.77. The molecule has 0 aliphatic rings. The molecule has 0 atom stereocenters. The average molecular weight is 189 g/mol. The van der Waals surface area contributed by atoms with E-state index in [0.717, 1.165) is 12.2 Å². The number of nitrogens with one attached hydrogen (secondary N) is 1. The van der Waals surface area contributed by atoms with E-state index in [1.807, 2.05) is 6.07 Å². The van der Waals surface area contributed by atoms with Gasteiger partial charge in [-0.05, 0) is 31.0 Å². The van der Waals surface area contributed by atoms with E-state index in [0.29, 0.717) is 0 Å². The summed E-state index contributed by atoms with van der Waals surface area (Å²) in [5.41, 5.74) is 3.78. The third-order valence-electron chi connectivity index (χ3n) is 2.74. The predicted molar refractivity (Wildman–Crippen MR) is 59.0 cm³/mol. The van der Waals surface area contributed by atoms with Gasteiger partial charge >= 0.3 is 0 Å². The van der Waals surface area contributed by atoms with Crippen LogP contribution in [0.3, 0.4) is 0 Å². The van der Waals surface area contributed by atoms with E-state index >= 15 is 0 Å². The standard InChI is InChI=1S/C12H15NO/c1-4-9-7-13-10-5-6-11(14-3)8(2)12(9)10/h5-7,13H,4H2,1-3H3. The average Bonchev–Trinajstić information content (AvgIpc) is 2.62. The fraction of sp³-hybridized carbons (Fsp3) is 0.333. The highest BCUT2D eigenvalue weighted by Crippen LogP contribution is 2.29. The first-order valence-corrected chi connectivity index (χ1v) is 4.91. The number of ether oxygens (including phenoxy) is 1. The summed E-state index contributed by atoms with van der Waals surface area (Å²) in [7, 11) is 1.71. The number of benzene rings is 1. The summed E-state index contributed by atoms with van der Waals surface area (Å²) in [4.78, 5) is 3.28. The van der Waals surface area contributed by atoms with Crippen molar-refractivity contribution in [3.05, 3.63) is 29.5 Å². The third kappa shape index (κ3) is 1.18. The van der Waals surface area contributed by atoms with Crippen molar-refractivity contribution in [3.63, 3.8) is 0 Å². The van der Waals surface area contributed by atoms with Crippen LogP contribution in [0, 0.1) is 6.92 Å². The Morgan fingerprint density at radius 3 is 2.79 bits per heavy atom. The summed E-state index contributed by atoms with van der Waals surface area (Å²) in [5, 5.41) is 1.31. The molecule has 0 unspecified atom stereocenters. The lowest BCUT2D eigenvalue weighted by atomic mass is 10.1. The number of hydrogen-bond donors (Lipinski definition) is 1. The van der Waals surface area contributed by atoms with Crippen molar-refractivity contribution in [1.82, 2.24) is 4.98 Å². The van der Waals surface area contributed by atoms with Crippen molar-refractivity contribution in [2.75, 3.05) is 7.11 Å². The predicted octanol–water partition coefficient (Wildman–Crippen LogP) is 3.05. The lowest BCUT2D eigenvalue weighted by molar-refractivity contribution is 0.412. The first kappa shape index (κ1) is 9.13. The van der Waals surface area contributed by atoms with E-state index in [-0.39, 0.29) is 0 Å². The summed E-state index contributed by atoms with van der Waals surface area (Å²) in [5.74, 6) is 0.965. The number of methoxy groups -OCH3 is 1. The summed E-state index contributed by atoms with van der Waals surface area (Å²) in [6, 6.07) is 4.08. The molecule has 0 saturated carbocycles. The quantitative estimate of drug-likeness (QED) is 0.771. The third-order valence-corrected chi connectivity index (χ3v) is 2.74. The summed E-state index contributed by atoms with van der Waals surface area (Å²) in [6.45, 7) is 4.27. The van der Waals surface area contributed by atoms with Crippen LogP contribution in [0.5, 0.6) is 5.75 Å². The first-order valence-electron chi connectivity index (χ1n) is 4.91. The fourth-order valence-electron chi connectivity index (χ4n) is 1.96. The van der Waals surface area contributed by atoms with Crippen LogP contribution in [0.25, 0.3) is 10.9 Å². The van der Waals surface area contributed by atoms with Gasteiger partial charge in [0.25, 0.3) is 0 Å². The molecule has 74 valence electrons. The molecule has 1 aromatic carbocycles. The van der Waals surface area contributed by atoms with Crippen LogP contribution in [0.2, 0.25) is 0 Å². The van der Waals surface area contributed by atoms with Crippen LogP contribution in [-0.4, -0.2) is 12.1 Å². The molecule has 0 saturated heterocycles. The van der Waals surface area contributed by atoms with Crippen molar-refractivity contribution in [2.45, 2.75) is 20.3 Å². The molecule has 0 amide bonds. The first-order chi connectivity index (χ1) is 6.77. The minimum atomic E-state index is 0.965. The maximum Gasteiger partial charge on any atom is 0.122 e. The Labute approximate surface area is 83.9 Å². The fourth-order valence-corrected chi connectivity index (χ4v) is 1.96. The number of fused-ring (bicyclic) bond motifs is 1. The number of aromatic amines is 1. The van der Waals surface area contributed by atoms with Crippen LogP contribution in [0.4, 0.5) is 0 Å². The molecular formula is C12H15NO. The lowest BCUT2D eigenvalue weighted by Crippen LogP contribution is -1.88. The summed E-state index contributed by atoms with van der Waals surface area (Å²) in [6.07, 6.45) is 3.13. The second kappa shape index (κ2) is 3.37. The highest BCUT2D eigenvalue weighted by Gasteiger charge is 2.08. The van der Waals surface area contributed by atoms with Crippen LogP contribution in [0.15, 0.2) is 18.3 Å². The van der Waals surface area contributed by atoms with E-state index in [1.54, 1.807) is 7.11 Å². The molecule has 1 heterocycles. The molecule has 1 aromatic heterocycles. The van der Waals surface area contributed by atoms with Gasteiger partial charge in [0.05, 0.1) is 7.11 Å². The summed E-state index contributed by atoms with van der Waals surface area (Å²) < 4.78 is 5.31. The number of rotatable bonds is 2. The molecule has 2 rings (SSSR count). The minimum Gasteiger partial charge on any atom is -0.496 e. The van der Waals surface area contributed by atoms with Crippen LogP contribution in [-0.2, 0) is 6.42 Å². The zero-order valence-corrected chi connectivity index (χ0v) is 8.85. The molecule has 0 fully saturated rings. The van der Waals surface area contributed by atoms with E-state index < -0.39 is 0 Å². The molecule has 0 aliphatic heterocycles. The number of hydrogen-bond acceptors (Lipinski definition) is 1. The Morgan fingerprint density at radius 1 is 1.36 bits per heavy atom. The molecular weight excluding hydrogens is 174 g/mol. The molecule has 0 radical (unpaired) electrons. The highest BCUT2D eigenvalue weighted by molar-refractivity contribution is 5.88. The van der Waals surface area contributed by atoms with Gasteiger partial charge in [-0.15, -0.1) is 0 Å². The van der Waals surface area contributed by atoms with Gasteiger partial charge in [-0.25, -0.2) is 0 Å². The van der Waals surface area contributed by atoms with E-state index in [1.165, 1.54) is 22.0 Å². The Kier molecular flexibility index (Phi) is 2.20. The lowest BCUT2D eigenvalue weighted by Gasteiger charge is -2.06. The molecule has 14 heavy (non-hydrogen) atoms. The van der Waals surface area contributed by atoms with Crippen molar-refractivity contribution in [3.8, 4) is 5.75 Å². The number of aryl methyl sites for hydroxylation is 2. The van der Waals surface area contributed by atoms with Crippen LogP contribution in [0.1, 0.15) is 18.1 Å². The second-order valence-electron chi connectivity index (χ2n) is 3.48. The van der Waals surface area contributed by atoms with Gasteiger partial charge in [0.2, 0.25) is 0 Å². The van der Waals surface area contributed by atoms with Crippen LogP contribution >= 0.6 is 0 Å². The van der Waals surface area contributed by atoms with E-state index in [2.05, 4.69) is 31.1 Å². The smallest absolute Gasteiger partial charge is 0.122 e. The zero-order chi connectivity index (χ0) is 10.1. The maximum atomic E-state index is 5.31. The zero-order valence-electron chi connectivity index (χ0n) is 8.85. The Hall–Kier alpha value is -1.44. The monoisotopic (exact) mass is 189 g/mol. The van der Waals surface area contributed by atoms with Gasteiger partial charge in [0, 0.05) is 22.7 Å². The molecule has 1 N–H and O–H groups in total. The largest absolute Gasteiger partial charge is 0.496 e. The van der Waals surface area contributed by atoms with Crippen molar-refractivity contribution in [1.29, 1.82) is 0 Å². The SMILES string of the molecule is CCc1c[nH]c2ccc(OC)c(C)c12. The maximum absolute atomic E-state index is 5.31. The van der Waals surface area contributed by atoms with Gasteiger partial charge in [0.1, 0.15) is 5.75 Å². The molecule has 0 bridgehead atoms. The second-order valence-corrected chi connectivity index (χ2v) is 3.48. The topological polar surface area (TPSA) is 25.0 Å². The molecule has 2 nitrogen and oxygen atoms in total. The van der Waals surface area contributed by atoms with Crippen LogP contribution < -0.4 is 4.74 Å².